The van der Waals surface area contributed by atoms with E-state index in [2.05, 4.69) is 19.2 Å². The standard InChI is InChI=1S/C55H105NO10/c1-3-5-7-9-11-13-15-18-22-25-29-33-37-41-48(58)47(46-65-55-54(63)53(62)52(61)49(45-57)66-55)56-50(59)42-38-34-30-26-23-19-16-17-20-24-28-32-36-40-44-64-51(60)43-39-35-31-27-21-14-12-10-8-6-4-2/h37,41,47-49,52-55,57-58,61-63H,3-36,38-40,42-46H2,1-2H3,(H,56,59)/b41-37+. The summed E-state index contributed by atoms with van der Waals surface area (Å²) >= 11 is 0. The van der Waals surface area contributed by atoms with Gasteiger partial charge in [-0.05, 0) is 32.1 Å². The van der Waals surface area contributed by atoms with E-state index in [0.717, 1.165) is 70.6 Å². The van der Waals surface area contributed by atoms with Gasteiger partial charge in [0.25, 0.3) is 0 Å². The first-order chi connectivity index (χ1) is 32.2. The third-order valence-electron chi connectivity index (χ3n) is 13.4. The van der Waals surface area contributed by atoms with Crippen molar-refractivity contribution in [3.05, 3.63) is 12.2 Å². The summed E-state index contributed by atoms with van der Waals surface area (Å²) in [7, 11) is 0. The molecule has 1 rings (SSSR count). The van der Waals surface area contributed by atoms with Crippen molar-refractivity contribution in [1.82, 2.24) is 5.32 Å². The van der Waals surface area contributed by atoms with Crippen LogP contribution in [0.25, 0.3) is 0 Å². The molecule has 66 heavy (non-hydrogen) atoms. The van der Waals surface area contributed by atoms with Gasteiger partial charge < -0.3 is 45.1 Å². The Balaban J connectivity index is 2.16. The van der Waals surface area contributed by atoms with Crippen LogP contribution in [0.15, 0.2) is 12.2 Å². The van der Waals surface area contributed by atoms with E-state index in [4.69, 9.17) is 14.2 Å². The zero-order valence-electron chi connectivity index (χ0n) is 42.7. The summed E-state index contributed by atoms with van der Waals surface area (Å²) in [5.74, 6) is -0.214. The molecule has 390 valence electrons. The Labute approximate surface area is 404 Å². The number of carbonyl (C=O) groups excluding carboxylic acids is 2. The summed E-state index contributed by atoms with van der Waals surface area (Å²) in [5.41, 5.74) is 0. The fraction of sp³-hybridized carbons (Fsp3) is 0.927. The van der Waals surface area contributed by atoms with Gasteiger partial charge in [0.15, 0.2) is 6.29 Å². The Morgan fingerprint density at radius 1 is 0.545 bits per heavy atom. The molecular weight excluding hydrogens is 835 g/mol. The molecular formula is C55H105NO10. The van der Waals surface area contributed by atoms with Crippen molar-refractivity contribution in [3.8, 4) is 0 Å². The largest absolute Gasteiger partial charge is 0.466 e. The maximum atomic E-state index is 13.0. The molecule has 7 unspecified atom stereocenters. The van der Waals surface area contributed by atoms with Gasteiger partial charge in [-0.3, -0.25) is 9.59 Å². The van der Waals surface area contributed by atoms with Crippen LogP contribution in [0.5, 0.6) is 0 Å². The van der Waals surface area contributed by atoms with Crippen LogP contribution < -0.4 is 5.32 Å². The second-order valence-electron chi connectivity index (χ2n) is 19.7. The van der Waals surface area contributed by atoms with Crippen LogP contribution >= 0.6 is 0 Å². The lowest BCUT2D eigenvalue weighted by atomic mass is 9.99. The van der Waals surface area contributed by atoms with E-state index in [-0.39, 0.29) is 18.5 Å². The maximum Gasteiger partial charge on any atom is 0.305 e. The van der Waals surface area contributed by atoms with E-state index >= 15 is 0 Å². The highest BCUT2D eigenvalue weighted by Gasteiger charge is 2.44. The van der Waals surface area contributed by atoms with Crippen molar-refractivity contribution in [2.24, 2.45) is 0 Å². The third kappa shape index (κ3) is 35.5. The summed E-state index contributed by atoms with van der Waals surface area (Å²) in [4.78, 5) is 25.0. The van der Waals surface area contributed by atoms with Gasteiger partial charge in [-0.25, -0.2) is 0 Å². The number of nitrogens with one attached hydrogen (secondary N) is 1. The van der Waals surface area contributed by atoms with E-state index in [1.54, 1.807) is 6.08 Å². The number of allylic oxidation sites excluding steroid dienone is 1. The lowest BCUT2D eigenvalue weighted by Gasteiger charge is -2.40. The third-order valence-corrected chi connectivity index (χ3v) is 13.4. The van der Waals surface area contributed by atoms with Crippen LogP contribution in [0.2, 0.25) is 0 Å². The number of aliphatic hydroxyl groups excluding tert-OH is 5. The summed E-state index contributed by atoms with van der Waals surface area (Å²) < 4.78 is 16.7. The number of unbranched alkanes of at least 4 members (excludes halogenated alkanes) is 34. The Morgan fingerprint density at radius 2 is 0.955 bits per heavy atom. The first kappa shape index (κ1) is 62.4. The first-order valence-corrected chi connectivity index (χ1v) is 28.0. The molecule has 1 amide bonds. The van der Waals surface area contributed by atoms with Gasteiger partial charge in [0.1, 0.15) is 24.4 Å². The normalized spacial score (nSPS) is 19.7. The van der Waals surface area contributed by atoms with E-state index in [0.29, 0.717) is 19.4 Å². The van der Waals surface area contributed by atoms with Crippen LogP contribution in [0.3, 0.4) is 0 Å². The number of aliphatic hydroxyl groups is 5. The SMILES string of the molecule is CCCCCCCCCCCCC/C=C/C(O)C(COC1OC(CO)C(O)C(O)C1O)NC(=O)CCCCCCCCCCCCCCCCOC(=O)CCCCCCCCCCCCC. The highest BCUT2D eigenvalue weighted by molar-refractivity contribution is 5.76. The number of rotatable bonds is 48. The van der Waals surface area contributed by atoms with Gasteiger partial charge in [0, 0.05) is 12.8 Å². The minimum absolute atomic E-state index is 0.0228. The topological polar surface area (TPSA) is 175 Å². The number of amides is 1. The van der Waals surface area contributed by atoms with E-state index in [9.17, 15) is 35.1 Å². The molecule has 0 aliphatic carbocycles. The summed E-state index contributed by atoms with van der Waals surface area (Å²) in [6.45, 7) is 4.31. The number of ether oxygens (including phenoxy) is 3. The lowest BCUT2D eigenvalue weighted by molar-refractivity contribution is -0.302. The quantitative estimate of drug-likeness (QED) is 0.0196. The minimum atomic E-state index is -1.57. The fourth-order valence-corrected chi connectivity index (χ4v) is 8.91. The zero-order chi connectivity index (χ0) is 48.1. The average molecular weight is 940 g/mol. The molecule has 11 nitrogen and oxygen atoms in total. The molecule has 11 heteroatoms. The van der Waals surface area contributed by atoms with Gasteiger partial charge >= 0.3 is 5.97 Å². The second-order valence-corrected chi connectivity index (χ2v) is 19.7. The summed E-state index contributed by atoms with van der Waals surface area (Å²) in [5, 5.41) is 54.3. The monoisotopic (exact) mass is 940 g/mol. The average Bonchev–Trinajstić information content (AvgIpc) is 3.31. The van der Waals surface area contributed by atoms with Gasteiger partial charge in [-0.1, -0.05) is 231 Å². The maximum absolute atomic E-state index is 13.0. The van der Waals surface area contributed by atoms with Gasteiger partial charge in [0.05, 0.1) is 32.0 Å². The predicted octanol–water partition coefficient (Wildman–Crippen LogP) is 12.0. The molecule has 0 saturated carbocycles. The Kier molecular flexibility index (Phi) is 43.3. The van der Waals surface area contributed by atoms with Crippen LogP contribution in [-0.2, 0) is 23.8 Å². The summed E-state index contributed by atoms with van der Waals surface area (Å²) in [6.07, 6.45) is 41.3. The molecule has 7 atom stereocenters. The Morgan fingerprint density at radius 3 is 1.41 bits per heavy atom. The van der Waals surface area contributed by atoms with E-state index in [1.165, 1.54) is 167 Å². The lowest BCUT2D eigenvalue weighted by Crippen LogP contribution is -2.60. The Hall–Kier alpha value is -1.60. The van der Waals surface area contributed by atoms with Crippen LogP contribution in [0.4, 0.5) is 0 Å². The van der Waals surface area contributed by atoms with Crippen LogP contribution in [0.1, 0.15) is 264 Å². The van der Waals surface area contributed by atoms with Gasteiger partial charge in [-0.2, -0.15) is 0 Å². The molecule has 1 heterocycles. The molecule has 1 fully saturated rings. The molecule has 6 N–H and O–H groups in total. The van der Waals surface area contributed by atoms with Crippen LogP contribution in [-0.4, -0.2) is 100 Å². The second kappa shape index (κ2) is 45.8. The molecule has 0 aromatic carbocycles. The van der Waals surface area contributed by atoms with Crippen molar-refractivity contribution >= 4 is 11.9 Å². The van der Waals surface area contributed by atoms with Crippen molar-refractivity contribution < 1.29 is 49.3 Å². The predicted molar refractivity (Wildman–Crippen MR) is 269 cm³/mol. The molecule has 0 spiro atoms. The van der Waals surface area contributed by atoms with Gasteiger partial charge in [-0.15, -0.1) is 0 Å². The number of carbonyl (C=O) groups is 2. The fourth-order valence-electron chi connectivity index (χ4n) is 8.91. The molecule has 1 saturated heterocycles. The zero-order valence-corrected chi connectivity index (χ0v) is 42.7. The first-order valence-electron chi connectivity index (χ1n) is 28.0. The molecule has 1 aliphatic rings. The van der Waals surface area contributed by atoms with Crippen molar-refractivity contribution in [3.63, 3.8) is 0 Å². The van der Waals surface area contributed by atoms with Crippen molar-refractivity contribution in [2.45, 2.75) is 307 Å². The highest BCUT2D eigenvalue weighted by Crippen LogP contribution is 2.23. The Bertz CT molecular complexity index is 1110. The van der Waals surface area contributed by atoms with E-state index < -0.39 is 49.5 Å². The molecule has 1 aliphatic heterocycles. The van der Waals surface area contributed by atoms with E-state index in [1.807, 2.05) is 6.08 Å². The van der Waals surface area contributed by atoms with Crippen molar-refractivity contribution in [2.75, 3.05) is 19.8 Å². The minimum Gasteiger partial charge on any atom is -0.466 e. The molecule has 0 aromatic heterocycles. The number of hydrogen-bond donors (Lipinski definition) is 6. The summed E-state index contributed by atoms with van der Waals surface area (Å²) in [6, 6.07) is -0.816. The molecule has 0 bridgehead atoms. The molecule has 0 radical (unpaired) electrons. The number of hydrogen-bond acceptors (Lipinski definition) is 10. The van der Waals surface area contributed by atoms with Crippen LogP contribution in [0, 0.1) is 0 Å². The smallest absolute Gasteiger partial charge is 0.305 e. The van der Waals surface area contributed by atoms with Crippen molar-refractivity contribution in [1.29, 1.82) is 0 Å². The highest BCUT2D eigenvalue weighted by atomic mass is 16.7. The van der Waals surface area contributed by atoms with Gasteiger partial charge in [0.2, 0.25) is 5.91 Å². The molecule has 0 aromatic rings. The number of esters is 1.